The van der Waals surface area contributed by atoms with Crippen LogP contribution in [0.2, 0.25) is 0 Å². The van der Waals surface area contributed by atoms with E-state index in [4.69, 9.17) is 9.47 Å². The van der Waals surface area contributed by atoms with E-state index in [2.05, 4.69) is 35.2 Å². The molecule has 6 nitrogen and oxygen atoms in total. The molecule has 1 N–H and O–H groups in total. The van der Waals surface area contributed by atoms with Gasteiger partial charge >= 0.3 is 6.09 Å². The van der Waals surface area contributed by atoms with Gasteiger partial charge in [0.2, 0.25) is 0 Å². The van der Waals surface area contributed by atoms with Gasteiger partial charge in [0.25, 0.3) is 0 Å². The smallest absolute Gasteiger partial charge is 0.410 e. The quantitative estimate of drug-likeness (QED) is 0.559. The number of piperazine rings is 1. The van der Waals surface area contributed by atoms with Gasteiger partial charge in [0.1, 0.15) is 11.4 Å². The Labute approximate surface area is 216 Å². The molecule has 0 radical (unpaired) electrons. The largest absolute Gasteiger partial charge is 0.497 e. The van der Waals surface area contributed by atoms with Gasteiger partial charge in [-0.2, -0.15) is 0 Å². The molecule has 1 saturated heterocycles. The summed E-state index contributed by atoms with van der Waals surface area (Å²) in [5, 5.41) is 11.8. The Morgan fingerprint density at radius 3 is 2.25 bits per heavy atom. The van der Waals surface area contributed by atoms with Gasteiger partial charge in [-0.1, -0.05) is 55.7 Å². The zero-order valence-corrected chi connectivity index (χ0v) is 22.3. The highest BCUT2D eigenvalue weighted by atomic mass is 16.6. The summed E-state index contributed by atoms with van der Waals surface area (Å²) in [5.41, 5.74) is 2.25. The first-order valence-corrected chi connectivity index (χ1v) is 13.3. The molecule has 2 aromatic rings. The second-order valence-corrected chi connectivity index (χ2v) is 11.3. The van der Waals surface area contributed by atoms with Gasteiger partial charge in [0.05, 0.1) is 12.7 Å². The van der Waals surface area contributed by atoms with Crippen molar-refractivity contribution in [3.05, 3.63) is 54.1 Å². The number of benzene rings is 2. The average Bonchev–Trinajstić information content (AvgIpc) is 2.87. The van der Waals surface area contributed by atoms with Gasteiger partial charge in [-0.25, -0.2) is 4.79 Å². The first kappa shape index (κ1) is 26.5. The van der Waals surface area contributed by atoms with Gasteiger partial charge in [-0.3, -0.25) is 4.90 Å². The number of hydrogen-bond acceptors (Lipinski definition) is 5. The molecular formula is C30H42N2O4. The van der Waals surface area contributed by atoms with E-state index >= 15 is 0 Å². The Kier molecular flexibility index (Phi) is 8.26. The third kappa shape index (κ3) is 6.60. The number of nitrogens with zero attached hydrogens (tertiary/aromatic N) is 2. The minimum atomic E-state index is -0.696. The highest BCUT2D eigenvalue weighted by Crippen LogP contribution is 2.41. The predicted octanol–water partition coefficient (Wildman–Crippen LogP) is 5.69. The van der Waals surface area contributed by atoms with E-state index < -0.39 is 11.2 Å². The molecule has 4 rings (SSSR count). The molecule has 0 spiro atoms. The minimum absolute atomic E-state index is 0.0326. The highest BCUT2D eigenvalue weighted by molar-refractivity contribution is 5.68. The summed E-state index contributed by atoms with van der Waals surface area (Å²) in [6.07, 6.45) is 4.78. The molecule has 2 aliphatic rings. The molecule has 2 aromatic carbocycles. The molecule has 6 heteroatoms. The number of ether oxygens (including phenoxy) is 2. The topological polar surface area (TPSA) is 62.2 Å². The van der Waals surface area contributed by atoms with Gasteiger partial charge in [0.15, 0.2) is 0 Å². The van der Waals surface area contributed by atoms with Crippen molar-refractivity contribution in [3.63, 3.8) is 0 Å². The zero-order valence-electron chi connectivity index (χ0n) is 22.3. The number of amides is 1. The predicted molar refractivity (Wildman–Crippen MR) is 143 cm³/mol. The molecule has 36 heavy (non-hydrogen) atoms. The van der Waals surface area contributed by atoms with Gasteiger partial charge in [0, 0.05) is 38.6 Å². The van der Waals surface area contributed by atoms with E-state index in [1.54, 1.807) is 12.0 Å². The number of hydrogen-bond donors (Lipinski definition) is 1. The van der Waals surface area contributed by atoms with E-state index in [0.29, 0.717) is 13.1 Å². The number of methoxy groups -OCH3 is 1. The summed E-state index contributed by atoms with van der Waals surface area (Å²) >= 11 is 0. The van der Waals surface area contributed by atoms with Crippen molar-refractivity contribution in [2.75, 3.05) is 39.8 Å². The number of aliphatic hydroxyl groups is 1. The maximum atomic E-state index is 12.5. The molecule has 1 unspecified atom stereocenters. The molecule has 0 aromatic heterocycles. The van der Waals surface area contributed by atoms with Crippen LogP contribution in [0.4, 0.5) is 4.79 Å². The van der Waals surface area contributed by atoms with Crippen molar-refractivity contribution in [2.24, 2.45) is 0 Å². The zero-order chi connectivity index (χ0) is 25.8. The van der Waals surface area contributed by atoms with Crippen LogP contribution in [0.5, 0.6) is 5.75 Å². The van der Waals surface area contributed by atoms with Gasteiger partial charge in [-0.15, -0.1) is 0 Å². The monoisotopic (exact) mass is 494 g/mol. The van der Waals surface area contributed by atoms with Crippen molar-refractivity contribution in [3.8, 4) is 16.9 Å². The maximum Gasteiger partial charge on any atom is 0.410 e. The maximum absolute atomic E-state index is 12.5. The van der Waals surface area contributed by atoms with Crippen LogP contribution in [0.1, 0.15) is 64.4 Å². The highest BCUT2D eigenvalue weighted by Gasteiger charge is 2.40. The molecule has 1 saturated carbocycles. The summed E-state index contributed by atoms with van der Waals surface area (Å²) in [4.78, 5) is 16.7. The molecule has 1 aliphatic heterocycles. The molecule has 1 amide bonds. The van der Waals surface area contributed by atoms with Crippen molar-refractivity contribution >= 4 is 6.09 Å². The van der Waals surface area contributed by atoms with Crippen LogP contribution in [-0.4, -0.2) is 72.0 Å². The summed E-state index contributed by atoms with van der Waals surface area (Å²) < 4.78 is 10.9. The Bertz CT molecular complexity index is 1000. The number of carbonyl (C=O) groups excluding carboxylic acids is 1. The first-order chi connectivity index (χ1) is 17.2. The molecule has 1 atom stereocenters. The Hall–Kier alpha value is -2.57. The number of carbonyl (C=O) groups is 1. The van der Waals surface area contributed by atoms with Crippen LogP contribution in [0.3, 0.4) is 0 Å². The lowest BCUT2D eigenvalue weighted by Gasteiger charge is -2.43. The van der Waals surface area contributed by atoms with Crippen molar-refractivity contribution in [1.82, 2.24) is 9.80 Å². The molecule has 1 heterocycles. The van der Waals surface area contributed by atoms with E-state index in [1.807, 2.05) is 39.0 Å². The summed E-state index contributed by atoms with van der Waals surface area (Å²) in [6, 6.07) is 16.8. The Balaban J connectivity index is 1.48. The fourth-order valence-electron chi connectivity index (χ4n) is 5.51. The van der Waals surface area contributed by atoms with Crippen LogP contribution in [0.25, 0.3) is 11.1 Å². The SMILES string of the molecule is COc1cccc(-c2ccc(C(CN3CCN(C(=O)OC(C)(C)C)CC3)C3(O)CCCCC3)cc2)c1. The minimum Gasteiger partial charge on any atom is -0.497 e. The van der Waals surface area contributed by atoms with E-state index in [0.717, 1.165) is 62.2 Å². The van der Waals surface area contributed by atoms with Crippen molar-refractivity contribution in [1.29, 1.82) is 0 Å². The average molecular weight is 495 g/mol. The Morgan fingerprint density at radius 1 is 0.972 bits per heavy atom. The van der Waals surface area contributed by atoms with Crippen LogP contribution in [0, 0.1) is 0 Å². The lowest BCUT2D eigenvalue weighted by Crippen LogP contribution is -2.52. The van der Waals surface area contributed by atoms with E-state index in [-0.39, 0.29) is 12.0 Å². The fraction of sp³-hybridized carbons (Fsp3) is 0.567. The molecule has 1 aliphatic carbocycles. The summed E-state index contributed by atoms with van der Waals surface area (Å²) in [6.45, 7) is 9.35. The third-order valence-corrected chi connectivity index (χ3v) is 7.55. The third-order valence-electron chi connectivity index (χ3n) is 7.55. The normalized spacial score (nSPS) is 19.5. The molecular weight excluding hydrogens is 452 g/mol. The van der Waals surface area contributed by atoms with Gasteiger partial charge in [-0.05, 0) is 62.4 Å². The van der Waals surface area contributed by atoms with Crippen LogP contribution in [-0.2, 0) is 4.74 Å². The van der Waals surface area contributed by atoms with Crippen molar-refractivity contribution in [2.45, 2.75) is 70.0 Å². The molecule has 2 fully saturated rings. The van der Waals surface area contributed by atoms with E-state index in [1.165, 1.54) is 12.0 Å². The van der Waals surface area contributed by atoms with E-state index in [9.17, 15) is 9.90 Å². The lowest BCUT2D eigenvalue weighted by atomic mass is 9.72. The standard InChI is InChI=1S/C30H42N2O4/c1-29(2,3)36-28(33)32-19-17-31(18-20-32)22-27(30(34)15-6-5-7-16-30)24-13-11-23(12-14-24)25-9-8-10-26(21-25)35-4/h8-14,21,27,34H,5-7,15-20,22H2,1-4H3. The summed E-state index contributed by atoms with van der Waals surface area (Å²) in [5.74, 6) is 0.877. The van der Waals surface area contributed by atoms with Gasteiger partial charge < -0.3 is 19.5 Å². The second-order valence-electron chi connectivity index (χ2n) is 11.3. The fourth-order valence-corrected chi connectivity index (χ4v) is 5.51. The summed E-state index contributed by atoms with van der Waals surface area (Å²) in [7, 11) is 1.69. The first-order valence-electron chi connectivity index (χ1n) is 13.3. The second kappa shape index (κ2) is 11.2. The number of rotatable bonds is 6. The van der Waals surface area contributed by atoms with Crippen LogP contribution >= 0.6 is 0 Å². The van der Waals surface area contributed by atoms with Crippen LogP contribution < -0.4 is 4.74 Å². The molecule has 0 bridgehead atoms. The Morgan fingerprint density at radius 2 is 1.64 bits per heavy atom. The van der Waals surface area contributed by atoms with Crippen LogP contribution in [0.15, 0.2) is 48.5 Å². The van der Waals surface area contributed by atoms with Crippen molar-refractivity contribution < 1.29 is 19.4 Å². The lowest BCUT2D eigenvalue weighted by molar-refractivity contribution is -0.0356. The molecule has 196 valence electrons.